The summed E-state index contributed by atoms with van der Waals surface area (Å²) in [6, 6.07) is 9.65. The molecule has 0 aliphatic carbocycles. The van der Waals surface area contributed by atoms with Gasteiger partial charge in [0.25, 0.3) is 6.23 Å². The lowest BCUT2D eigenvalue weighted by Crippen LogP contribution is -2.50. The molecule has 1 unspecified atom stereocenters. The highest BCUT2D eigenvalue weighted by Crippen LogP contribution is 2.20. The van der Waals surface area contributed by atoms with Gasteiger partial charge in [0, 0.05) is 13.1 Å². The number of imidazole rings is 1. The van der Waals surface area contributed by atoms with E-state index in [9.17, 15) is 9.59 Å². The van der Waals surface area contributed by atoms with Gasteiger partial charge in [-0.25, -0.2) is 14.6 Å². The van der Waals surface area contributed by atoms with Crippen LogP contribution in [-0.2, 0) is 19.0 Å². The van der Waals surface area contributed by atoms with E-state index in [4.69, 9.17) is 14.2 Å². The van der Waals surface area contributed by atoms with Crippen LogP contribution < -0.4 is 0 Å². The molecule has 0 N–H and O–H groups in total. The van der Waals surface area contributed by atoms with Crippen molar-refractivity contribution < 1.29 is 23.8 Å². The molecule has 8 heteroatoms. The second kappa shape index (κ2) is 8.79. The van der Waals surface area contributed by atoms with Gasteiger partial charge in [0.05, 0.1) is 38.9 Å². The van der Waals surface area contributed by atoms with E-state index >= 15 is 0 Å². The van der Waals surface area contributed by atoms with E-state index in [0.717, 1.165) is 5.56 Å². The Hall–Kier alpha value is -2.71. The fourth-order valence-electron chi connectivity index (χ4n) is 3.01. The van der Waals surface area contributed by atoms with E-state index < -0.39 is 18.2 Å². The molecule has 1 saturated heterocycles. The summed E-state index contributed by atoms with van der Waals surface area (Å²) in [5.41, 5.74) is 1.30. The van der Waals surface area contributed by atoms with Crippen molar-refractivity contribution in [3.8, 4) is 0 Å². The molecule has 0 saturated carbocycles. The molecule has 2 heterocycles. The second-order valence-corrected chi connectivity index (χ2v) is 6.20. The van der Waals surface area contributed by atoms with Crippen LogP contribution in [0.3, 0.4) is 0 Å². The average Bonchev–Trinajstić information content (AvgIpc) is 3.22. The number of carbonyl (C=O) groups is 2. The van der Waals surface area contributed by atoms with E-state index in [1.807, 2.05) is 37.3 Å². The number of carbonyl (C=O) groups excluding carboxylic acids is 2. The van der Waals surface area contributed by atoms with Crippen LogP contribution in [0.1, 0.15) is 29.0 Å². The predicted octanol–water partition coefficient (Wildman–Crippen LogP) is 1.48. The molecule has 0 bridgehead atoms. The monoisotopic (exact) mass is 373 g/mol. The van der Waals surface area contributed by atoms with Crippen molar-refractivity contribution in [2.45, 2.75) is 19.2 Å². The Morgan fingerprint density at radius 1 is 1.19 bits per heavy atom. The lowest BCUT2D eigenvalue weighted by molar-refractivity contribution is -0.166. The Kier molecular flexibility index (Phi) is 6.20. The van der Waals surface area contributed by atoms with Gasteiger partial charge < -0.3 is 18.8 Å². The van der Waals surface area contributed by atoms with E-state index in [-0.39, 0.29) is 11.7 Å². The molecular formula is C19H23N3O5. The second-order valence-electron chi connectivity index (χ2n) is 6.20. The van der Waals surface area contributed by atoms with Gasteiger partial charge in [-0.2, -0.15) is 0 Å². The molecule has 2 aromatic rings. The van der Waals surface area contributed by atoms with Crippen molar-refractivity contribution >= 4 is 11.9 Å². The number of hydrogen-bond acceptors (Lipinski definition) is 7. The molecule has 27 heavy (non-hydrogen) atoms. The quantitative estimate of drug-likeness (QED) is 0.709. The Labute approximate surface area is 157 Å². The molecule has 1 aliphatic heterocycles. The standard InChI is InChI=1S/C19H23N3O5/c1-14(15-6-4-3-5-7-15)22-13-20-12-16(22)18(23)27-17(19(24)25-2)21-8-10-26-11-9-21/h3-7,12-14,17H,8-11H2,1-2H3/t14-,17?/m1/s1. The smallest absolute Gasteiger partial charge is 0.363 e. The van der Waals surface area contributed by atoms with Gasteiger partial charge in [-0.15, -0.1) is 0 Å². The van der Waals surface area contributed by atoms with Crippen LogP contribution in [0.4, 0.5) is 0 Å². The molecule has 1 aromatic carbocycles. The third-order valence-electron chi connectivity index (χ3n) is 4.57. The number of aromatic nitrogens is 2. The first-order valence-electron chi connectivity index (χ1n) is 8.79. The van der Waals surface area contributed by atoms with Crippen molar-refractivity contribution in [1.82, 2.24) is 14.5 Å². The third kappa shape index (κ3) is 4.35. The van der Waals surface area contributed by atoms with Gasteiger partial charge in [0.15, 0.2) is 0 Å². The van der Waals surface area contributed by atoms with Crippen LogP contribution >= 0.6 is 0 Å². The zero-order chi connectivity index (χ0) is 19.2. The van der Waals surface area contributed by atoms with Crippen molar-refractivity contribution in [2.75, 3.05) is 33.4 Å². The van der Waals surface area contributed by atoms with Crippen LogP contribution in [0.5, 0.6) is 0 Å². The molecule has 1 fully saturated rings. The lowest BCUT2D eigenvalue weighted by atomic mass is 10.1. The van der Waals surface area contributed by atoms with Gasteiger partial charge in [-0.05, 0) is 12.5 Å². The maximum Gasteiger partial charge on any atom is 0.363 e. The number of hydrogen-bond donors (Lipinski definition) is 0. The highest BCUT2D eigenvalue weighted by molar-refractivity contribution is 5.89. The van der Waals surface area contributed by atoms with Crippen LogP contribution in [0, 0.1) is 0 Å². The molecule has 8 nitrogen and oxygen atoms in total. The minimum Gasteiger partial charge on any atom is -0.465 e. The minimum atomic E-state index is -1.11. The maximum absolute atomic E-state index is 12.8. The number of morpholine rings is 1. The first kappa shape index (κ1) is 19.1. The Morgan fingerprint density at radius 2 is 1.89 bits per heavy atom. The SMILES string of the molecule is COC(=O)C(OC(=O)c1cncn1[C@H](C)c1ccccc1)N1CCOCC1. The summed E-state index contributed by atoms with van der Waals surface area (Å²) >= 11 is 0. The zero-order valence-electron chi connectivity index (χ0n) is 15.4. The summed E-state index contributed by atoms with van der Waals surface area (Å²) in [7, 11) is 1.27. The normalized spacial score (nSPS) is 17.1. The number of benzene rings is 1. The molecule has 0 radical (unpaired) electrons. The van der Waals surface area contributed by atoms with Gasteiger partial charge in [0.2, 0.25) is 0 Å². The van der Waals surface area contributed by atoms with Crippen LogP contribution in [0.15, 0.2) is 42.9 Å². The first-order chi connectivity index (χ1) is 13.1. The first-order valence-corrected chi connectivity index (χ1v) is 8.79. The lowest BCUT2D eigenvalue weighted by Gasteiger charge is -2.31. The molecule has 3 rings (SSSR count). The van der Waals surface area contributed by atoms with Gasteiger partial charge in [-0.3, -0.25) is 4.90 Å². The van der Waals surface area contributed by atoms with E-state index in [1.165, 1.54) is 13.3 Å². The Balaban J connectivity index is 1.79. The van der Waals surface area contributed by atoms with Crippen molar-refractivity contribution in [2.24, 2.45) is 0 Å². The number of methoxy groups -OCH3 is 1. The van der Waals surface area contributed by atoms with Crippen LogP contribution in [-0.4, -0.2) is 66.0 Å². The summed E-state index contributed by atoms with van der Waals surface area (Å²) in [5.74, 6) is -1.25. The number of rotatable bonds is 6. The highest BCUT2D eigenvalue weighted by atomic mass is 16.6. The maximum atomic E-state index is 12.8. The fraction of sp³-hybridized carbons (Fsp3) is 0.421. The van der Waals surface area contributed by atoms with E-state index in [2.05, 4.69) is 4.98 Å². The van der Waals surface area contributed by atoms with Gasteiger partial charge in [0.1, 0.15) is 5.69 Å². The summed E-state index contributed by atoms with van der Waals surface area (Å²) in [4.78, 5) is 30.8. The predicted molar refractivity (Wildman–Crippen MR) is 96.1 cm³/mol. The van der Waals surface area contributed by atoms with Crippen LogP contribution in [0.2, 0.25) is 0 Å². The average molecular weight is 373 g/mol. The van der Waals surface area contributed by atoms with E-state index in [0.29, 0.717) is 26.3 Å². The molecule has 1 aliphatic rings. The molecule has 0 amide bonds. The molecule has 2 atom stereocenters. The van der Waals surface area contributed by atoms with Crippen molar-refractivity contribution in [1.29, 1.82) is 0 Å². The molecule has 144 valence electrons. The van der Waals surface area contributed by atoms with Crippen molar-refractivity contribution in [3.63, 3.8) is 0 Å². The van der Waals surface area contributed by atoms with Gasteiger partial charge >= 0.3 is 11.9 Å². The van der Waals surface area contributed by atoms with Gasteiger partial charge in [-0.1, -0.05) is 30.3 Å². The zero-order valence-corrected chi connectivity index (χ0v) is 15.4. The molecular weight excluding hydrogens is 350 g/mol. The van der Waals surface area contributed by atoms with Crippen molar-refractivity contribution in [3.05, 3.63) is 54.1 Å². The van der Waals surface area contributed by atoms with Crippen LogP contribution in [0.25, 0.3) is 0 Å². The number of esters is 2. The third-order valence-corrected chi connectivity index (χ3v) is 4.57. The largest absolute Gasteiger partial charge is 0.465 e. The molecule has 1 aromatic heterocycles. The summed E-state index contributed by atoms with van der Waals surface area (Å²) in [6.45, 7) is 3.86. The van der Waals surface area contributed by atoms with E-state index in [1.54, 1.807) is 15.8 Å². The number of nitrogens with zero attached hydrogens (tertiary/aromatic N) is 3. The Morgan fingerprint density at radius 3 is 2.56 bits per heavy atom. The summed E-state index contributed by atoms with van der Waals surface area (Å²) < 4.78 is 17.3. The summed E-state index contributed by atoms with van der Waals surface area (Å²) in [5, 5.41) is 0. The molecule has 0 spiro atoms. The number of ether oxygens (including phenoxy) is 3. The minimum absolute atomic E-state index is 0.115. The topological polar surface area (TPSA) is 82.9 Å². The Bertz CT molecular complexity index is 771. The highest BCUT2D eigenvalue weighted by Gasteiger charge is 2.33. The fourth-order valence-corrected chi connectivity index (χ4v) is 3.01. The summed E-state index contributed by atoms with van der Waals surface area (Å²) in [6.07, 6.45) is 1.91.